The highest BCUT2D eigenvalue weighted by Crippen LogP contribution is 2.33. The van der Waals surface area contributed by atoms with Gasteiger partial charge in [-0.25, -0.2) is 9.78 Å². The third-order valence-electron chi connectivity index (χ3n) is 4.21. The Morgan fingerprint density at radius 2 is 2.29 bits per heavy atom. The predicted octanol–water partition coefficient (Wildman–Crippen LogP) is 3.69. The van der Waals surface area contributed by atoms with E-state index in [4.69, 9.17) is 4.74 Å². The van der Waals surface area contributed by atoms with Crippen LogP contribution in [0.4, 0.5) is 5.82 Å². The quantitative estimate of drug-likeness (QED) is 0.841. The normalized spacial score (nSPS) is 21.0. The molecule has 116 valence electrons. The van der Waals surface area contributed by atoms with Gasteiger partial charge in [-0.05, 0) is 47.7 Å². The van der Waals surface area contributed by atoms with E-state index in [1.54, 1.807) is 12.3 Å². The molecule has 1 saturated heterocycles. The number of carbonyl (C=O) groups is 1. The minimum Gasteiger partial charge on any atom is -0.478 e. The number of pyridine rings is 1. The number of ether oxygens (including phenoxy) is 1. The van der Waals surface area contributed by atoms with Gasteiger partial charge < -0.3 is 15.2 Å². The van der Waals surface area contributed by atoms with Gasteiger partial charge in [0, 0.05) is 23.3 Å². The molecule has 0 aliphatic carbocycles. The van der Waals surface area contributed by atoms with Gasteiger partial charge in [0.2, 0.25) is 0 Å². The Bertz CT molecular complexity index is 518. The molecule has 5 nitrogen and oxygen atoms in total. The van der Waals surface area contributed by atoms with Crippen LogP contribution >= 0.6 is 15.9 Å². The van der Waals surface area contributed by atoms with Crippen LogP contribution in [0.3, 0.4) is 0 Å². The average molecular weight is 357 g/mol. The molecule has 0 spiro atoms. The first-order valence-corrected chi connectivity index (χ1v) is 8.08. The molecule has 0 saturated carbocycles. The monoisotopic (exact) mass is 356 g/mol. The molecule has 1 aromatic heterocycles. The van der Waals surface area contributed by atoms with E-state index in [9.17, 15) is 9.90 Å². The van der Waals surface area contributed by atoms with Crippen molar-refractivity contribution in [2.24, 2.45) is 0 Å². The summed E-state index contributed by atoms with van der Waals surface area (Å²) in [6, 6.07) is 1.76. The van der Waals surface area contributed by atoms with Gasteiger partial charge in [0.1, 0.15) is 11.4 Å². The number of carboxylic acid groups (broad SMARTS) is 1. The first-order chi connectivity index (χ1) is 9.99. The summed E-state index contributed by atoms with van der Waals surface area (Å²) in [5.74, 6) is -0.547. The van der Waals surface area contributed by atoms with E-state index in [0.717, 1.165) is 25.7 Å². The van der Waals surface area contributed by atoms with Crippen molar-refractivity contribution in [3.63, 3.8) is 0 Å². The Morgan fingerprint density at radius 3 is 2.90 bits per heavy atom. The molecule has 2 rings (SSSR count). The summed E-state index contributed by atoms with van der Waals surface area (Å²) in [7, 11) is 0. The van der Waals surface area contributed by atoms with Gasteiger partial charge >= 0.3 is 5.97 Å². The van der Waals surface area contributed by atoms with Crippen molar-refractivity contribution in [1.29, 1.82) is 0 Å². The zero-order chi connectivity index (χ0) is 15.5. The van der Waals surface area contributed by atoms with E-state index in [1.807, 2.05) is 0 Å². The second kappa shape index (κ2) is 6.75. The number of hydrogen-bond donors (Lipinski definition) is 2. The van der Waals surface area contributed by atoms with Gasteiger partial charge in [-0.2, -0.15) is 0 Å². The largest absolute Gasteiger partial charge is 0.478 e. The number of hydrogen-bond acceptors (Lipinski definition) is 4. The van der Waals surface area contributed by atoms with Gasteiger partial charge in [-0.15, -0.1) is 0 Å². The van der Waals surface area contributed by atoms with E-state index in [2.05, 4.69) is 40.1 Å². The molecule has 0 radical (unpaired) electrons. The van der Waals surface area contributed by atoms with Crippen LogP contribution in [0, 0.1) is 0 Å². The molecule has 0 aromatic carbocycles. The number of anilines is 1. The molecule has 1 aliphatic heterocycles. The number of aromatic carboxylic acids is 1. The summed E-state index contributed by atoms with van der Waals surface area (Å²) in [5.41, 5.74) is 0.0868. The molecule has 0 amide bonds. The van der Waals surface area contributed by atoms with E-state index >= 15 is 0 Å². The number of carboxylic acids is 1. The molecular weight excluding hydrogens is 336 g/mol. The zero-order valence-electron chi connectivity index (χ0n) is 12.4. The third kappa shape index (κ3) is 3.74. The molecule has 0 bridgehead atoms. The minimum atomic E-state index is -0.976. The smallest absolute Gasteiger partial charge is 0.339 e. The molecule has 1 aromatic rings. The lowest BCUT2D eigenvalue weighted by Gasteiger charge is -2.40. The standard InChI is InChI=1S/C15H21BrN2O3/c1-3-15(4-2)8-11(5-6-21-15)18-13-12(14(19)20)7-10(16)9-17-13/h7,9,11H,3-6,8H2,1-2H3,(H,17,18)(H,19,20). The Balaban J connectivity index is 2.16. The third-order valence-corrected chi connectivity index (χ3v) is 4.64. The van der Waals surface area contributed by atoms with Crippen molar-refractivity contribution >= 4 is 27.7 Å². The van der Waals surface area contributed by atoms with E-state index in [-0.39, 0.29) is 17.2 Å². The molecule has 6 heteroatoms. The zero-order valence-corrected chi connectivity index (χ0v) is 13.9. The molecule has 1 fully saturated rings. The average Bonchev–Trinajstić information content (AvgIpc) is 2.49. The maximum atomic E-state index is 11.3. The maximum Gasteiger partial charge on any atom is 0.339 e. The first kappa shape index (κ1) is 16.2. The highest BCUT2D eigenvalue weighted by atomic mass is 79.9. The highest BCUT2D eigenvalue weighted by Gasteiger charge is 2.34. The lowest BCUT2D eigenvalue weighted by molar-refractivity contribution is -0.0864. The van der Waals surface area contributed by atoms with Crippen LogP contribution < -0.4 is 5.32 Å². The van der Waals surface area contributed by atoms with Crippen molar-refractivity contribution < 1.29 is 14.6 Å². The van der Waals surface area contributed by atoms with E-state index in [0.29, 0.717) is 16.9 Å². The summed E-state index contributed by atoms with van der Waals surface area (Å²) in [5, 5.41) is 12.6. The summed E-state index contributed by atoms with van der Waals surface area (Å²) >= 11 is 3.26. The summed E-state index contributed by atoms with van der Waals surface area (Å²) in [6.07, 6.45) is 5.26. The van der Waals surface area contributed by atoms with Crippen LogP contribution in [0.5, 0.6) is 0 Å². The van der Waals surface area contributed by atoms with Gasteiger partial charge in [-0.1, -0.05) is 13.8 Å². The second-order valence-electron chi connectivity index (χ2n) is 5.43. The molecule has 21 heavy (non-hydrogen) atoms. The Hall–Kier alpha value is -1.14. The fraction of sp³-hybridized carbons (Fsp3) is 0.600. The fourth-order valence-corrected chi connectivity index (χ4v) is 3.14. The van der Waals surface area contributed by atoms with E-state index in [1.165, 1.54) is 0 Å². The maximum absolute atomic E-state index is 11.3. The number of nitrogens with one attached hydrogen (secondary N) is 1. The second-order valence-corrected chi connectivity index (χ2v) is 6.34. The van der Waals surface area contributed by atoms with Crippen molar-refractivity contribution in [2.75, 3.05) is 11.9 Å². The van der Waals surface area contributed by atoms with Gasteiger partial charge in [0.05, 0.1) is 5.60 Å². The predicted molar refractivity (Wildman–Crippen MR) is 84.8 cm³/mol. The number of aromatic nitrogens is 1. The summed E-state index contributed by atoms with van der Waals surface area (Å²) < 4.78 is 6.61. The van der Waals surface area contributed by atoms with Crippen molar-refractivity contribution in [2.45, 2.75) is 51.2 Å². The highest BCUT2D eigenvalue weighted by molar-refractivity contribution is 9.10. The van der Waals surface area contributed by atoms with Crippen LogP contribution in [0.2, 0.25) is 0 Å². The van der Waals surface area contributed by atoms with Crippen molar-refractivity contribution in [3.05, 3.63) is 22.3 Å². The minimum absolute atomic E-state index is 0.103. The van der Waals surface area contributed by atoms with Crippen LogP contribution in [-0.2, 0) is 4.74 Å². The van der Waals surface area contributed by atoms with Crippen LogP contribution in [0.15, 0.2) is 16.7 Å². The summed E-state index contributed by atoms with van der Waals surface area (Å²) in [4.78, 5) is 15.5. The lowest BCUT2D eigenvalue weighted by Crippen LogP contribution is -2.44. The fourth-order valence-electron chi connectivity index (χ4n) is 2.80. The van der Waals surface area contributed by atoms with Crippen LogP contribution in [-0.4, -0.2) is 34.3 Å². The molecule has 1 atom stereocenters. The molecule has 2 N–H and O–H groups in total. The molecule has 2 heterocycles. The number of rotatable bonds is 5. The molecule has 1 unspecified atom stereocenters. The van der Waals surface area contributed by atoms with Crippen molar-refractivity contribution in [1.82, 2.24) is 4.98 Å². The van der Waals surface area contributed by atoms with Gasteiger partial charge in [-0.3, -0.25) is 0 Å². The topological polar surface area (TPSA) is 71.5 Å². The van der Waals surface area contributed by atoms with Crippen LogP contribution in [0.1, 0.15) is 49.9 Å². The molecule has 1 aliphatic rings. The number of nitrogens with zero attached hydrogens (tertiary/aromatic N) is 1. The number of halogens is 1. The van der Waals surface area contributed by atoms with E-state index < -0.39 is 5.97 Å². The Labute approximate surface area is 133 Å². The first-order valence-electron chi connectivity index (χ1n) is 7.29. The lowest BCUT2D eigenvalue weighted by atomic mass is 9.86. The summed E-state index contributed by atoms with van der Waals surface area (Å²) in [6.45, 7) is 4.96. The Morgan fingerprint density at radius 1 is 1.57 bits per heavy atom. The van der Waals surface area contributed by atoms with Crippen LogP contribution in [0.25, 0.3) is 0 Å². The molecular formula is C15H21BrN2O3. The van der Waals surface area contributed by atoms with Gasteiger partial charge in [0.25, 0.3) is 0 Å². The Kier molecular flexibility index (Phi) is 5.22. The SMILES string of the molecule is CCC1(CC)CC(Nc2ncc(Br)cc2C(=O)O)CCO1. The van der Waals surface area contributed by atoms with Crippen molar-refractivity contribution in [3.8, 4) is 0 Å². The van der Waals surface area contributed by atoms with Gasteiger partial charge in [0.15, 0.2) is 0 Å².